The number of carbonyl (C=O) groups excluding carboxylic acids is 1. The zero-order valence-corrected chi connectivity index (χ0v) is 16.2. The highest BCUT2D eigenvalue weighted by Crippen LogP contribution is 2.34. The lowest BCUT2D eigenvalue weighted by molar-refractivity contribution is -0.117. The third kappa shape index (κ3) is 4.87. The van der Waals surface area contributed by atoms with E-state index in [1.165, 1.54) is 11.3 Å². The fourth-order valence-electron chi connectivity index (χ4n) is 2.59. The molecule has 0 aliphatic heterocycles. The molecule has 3 rings (SSSR count). The zero-order valence-electron chi connectivity index (χ0n) is 15.4. The van der Waals surface area contributed by atoms with Crippen molar-refractivity contribution in [1.29, 1.82) is 0 Å². The number of methoxy groups -OCH3 is 2. The number of anilines is 1. The molecule has 3 aromatic rings. The van der Waals surface area contributed by atoms with E-state index in [0.717, 1.165) is 17.0 Å². The summed E-state index contributed by atoms with van der Waals surface area (Å²) in [4.78, 5) is 18.6. The number of likely N-dealkylation sites (N-methyl/N-ethyl adjacent to an activating group) is 1. The summed E-state index contributed by atoms with van der Waals surface area (Å²) in [5.74, 6) is 2.05. The number of ether oxygens (including phenoxy) is 2. The van der Waals surface area contributed by atoms with Crippen LogP contribution in [0.15, 0.2) is 46.4 Å². The van der Waals surface area contributed by atoms with Crippen molar-refractivity contribution in [3.8, 4) is 22.8 Å². The lowest BCUT2D eigenvalue weighted by atomic mass is 10.1. The van der Waals surface area contributed by atoms with Crippen LogP contribution in [0, 0.1) is 0 Å². The van der Waals surface area contributed by atoms with Gasteiger partial charge in [0.15, 0.2) is 5.13 Å². The van der Waals surface area contributed by atoms with E-state index in [0.29, 0.717) is 23.2 Å². The summed E-state index contributed by atoms with van der Waals surface area (Å²) in [7, 11) is 5.06. The molecule has 0 bridgehead atoms. The number of nitrogens with zero attached hydrogens (tertiary/aromatic N) is 2. The van der Waals surface area contributed by atoms with Gasteiger partial charge in [0.05, 0.1) is 39.3 Å². The predicted octanol–water partition coefficient (Wildman–Crippen LogP) is 3.49. The van der Waals surface area contributed by atoms with E-state index >= 15 is 0 Å². The molecule has 0 aliphatic carbocycles. The van der Waals surface area contributed by atoms with Crippen LogP contribution in [0.5, 0.6) is 11.5 Å². The Morgan fingerprint density at radius 2 is 2.15 bits per heavy atom. The van der Waals surface area contributed by atoms with E-state index in [9.17, 15) is 4.79 Å². The number of benzene rings is 1. The van der Waals surface area contributed by atoms with E-state index in [2.05, 4.69) is 10.3 Å². The first-order chi connectivity index (χ1) is 13.1. The quantitative estimate of drug-likeness (QED) is 0.638. The van der Waals surface area contributed by atoms with Crippen molar-refractivity contribution in [2.24, 2.45) is 0 Å². The van der Waals surface area contributed by atoms with Crippen molar-refractivity contribution in [3.05, 3.63) is 47.7 Å². The number of furan rings is 1. The highest BCUT2D eigenvalue weighted by atomic mass is 32.1. The molecular weight excluding hydrogens is 366 g/mol. The highest BCUT2D eigenvalue weighted by Gasteiger charge is 2.14. The van der Waals surface area contributed by atoms with Gasteiger partial charge in [-0.05, 0) is 31.3 Å². The van der Waals surface area contributed by atoms with Crippen molar-refractivity contribution in [2.75, 3.05) is 33.1 Å². The average molecular weight is 387 g/mol. The van der Waals surface area contributed by atoms with Crippen LogP contribution >= 0.6 is 11.3 Å². The van der Waals surface area contributed by atoms with Crippen LogP contribution in [0.1, 0.15) is 5.76 Å². The number of thiazole rings is 1. The molecule has 142 valence electrons. The SMILES string of the molecule is COc1ccc(-c2csc(NC(=O)CN(C)Cc3ccco3)n2)c(OC)c1. The molecule has 8 heteroatoms. The summed E-state index contributed by atoms with van der Waals surface area (Å²) in [6, 6.07) is 9.24. The molecule has 0 saturated carbocycles. The largest absolute Gasteiger partial charge is 0.497 e. The van der Waals surface area contributed by atoms with Crippen molar-refractivity contribution in [2.45, 2.75) is 6.54 Å². The van der Waals surface area contributed by atoms with E-state index in [1.807, 2.05) is 41.6 Å². The Hall–Kier alpha value is -2.84. The fourth-order valence-corrected chi connectivity index (χ4v) is 3.32. The molecule has 1 aromatic carbocycles. The minimum atomic E-state index is -0.133. The zero-order chi connectivity index (χ0) is 19.2. The Kier molecular flexibility index (Phi) is 6.10. The van der Waals surface area contributed by atoms with Crippen molar-refractivity contribution in [1.82, 2.24) is 9.88 Å². The van der Waals surface area contributed by atoms with E-state index < -0.39 is 0 Å². The minimum Gasteiger partial charge on any atom is -0.497 e. The fraction of sp³-hybridized carbons (Fsp3) is 0.263. The number of hydrogen-bond donors (Lipinski definition) is 1. The van der Waals surface area contributed by atoms with Crippen LogP contribution in [-0.2, 0) is 11.3 Å². The minimum absolute atomic E-state index is 0.133. The van der Waals surface area contributed by atoms with Crippen LogP contribution in [0.4, 0.5) is 5.13 Å². The molecule has 0 unspecified atom stereocenters. The monoisotopic (exact) mass is 387 g/mol. The number of hydrogen-bond acceptors (Lipinski definition) is 7. The first-order valence-corrected chi connectivity index (χ1v) is 9.15. The number of aromatic nitrogens is 1. The van der Waals surface area contributed by atoms with Crippen molar-refractivity contribution >= 4 is 22.4 Å². The molecule has 0 radical (unpaired) electrons. The van der Waals surface area contributed by atoms with Crippen LogP contribution in [-0.4, -0.2) is 43.6 Å². The molecule has 0 aliphatic rings. The van der Waals surface area contributed by atoms with Crippen LogP contribution in [0.25, 0.3) is 11.3 Å². The Balaban J connectivity index is 1.63. The predicted molar refractivity (Wildman–Crippen MR) is 104 cm³/mol. The normalized spacial score (nSPS) is 10.8. The van der Waals surface area contributed by atoms with Gasteiger partial charge in [0.25, 0.3) is 0 Å². The number of rotatable bonds is 8. The third-order valence-electron chi connectivity index (χ3n) is 3.85. The lowest BCUT2D eigenvalue weighted by Crippen LogP contribution is -2.29. The molecule has 1 amide bonds. The highest BCUT2D eigenvalue weighted by molar-refractivity contribution is 7.14. The summed E-state index contributed by atoms with van der Waals surface area (Å²) < 4.78 is 15.9. The lowest BCUT2D eigenvalue weighted by Gasteiger charge is -2.13. The molecule has 7 nitrogen and oxygen atoms in total. The maximum Gasteiger partial charge on any atom is 0.240 e. The van der Waals surface area contributed by atoms with Gasteiger partial charge in [-0.3, -0.25) is 9.69 Å². The Labute approximate surface area is 161 Å². The molecule has 0 atom stereocenters. The van der Waals surface area contributed by atoms with Crippen LogP contribution in [0.3, 0.4) is 0 Å². The van der Waals surface area contributed by atoms with Gasteiger partial charge in [-0.25, -0.2) is 4.98 Å². The maximum absolute atomic E-state index is 12.2. The van der Waals surface area contributed by atoms with Gasteiger partial charge in [-0.15, -0.1) is 11.3 Å². The van der Waals surface area contributed by atoms with Gasteiger partial charge < -0.3 is 19.2 Å². The third-order valence-corrected chi connectivity index (χ3v) is 4.61. The second-order valence-electron chi connectivity index (χ2n) is 5.90. The topological polar surface area (TPSA) is 76.8 Å². The van der Waals surface area contributed by atoms with Gasteiger partial charge in [0.2, 0.25) is 5.91 Å². The second-order valence-corrected chi connectivity index (χ2v) is 6.76. The van der Waals surface area contributed by atoms with E-state index in [1.54, 1.807) is 26.5 Å². The summed E-state index contributed by atoms with van der Waals surface area (Å²) in [6.07, 6.45) is 1.62. The standard InChI is InChI=1S/C19H21N3O4S/c1-22(10-14-5-4-8-26-14)11-18(23)21-19-20-16(12-27-19)15-7-6-13(24-2)9-17(15)25-3/h4-9,12H,10-11H2,1-3H3,(H,20,21,23). The van der Waals surface area contributed by atoms with E-state index in [4.69, 9.17) is 13.9 Å². The Morgan fingerprint density at radius 1 is 1.30 bits per heavy atom. The smallest absolute Gasteiger partial charge is 0.240 e. The summed E-state index contributed by atoms with van der Waals surface area (Å²) in [6.45, 7) is 0.800. The van der Waals surface area contributed by atoms with Gasteiger partial charge in [-0.1, -0.05) is 0 Å². The van der Waals surface area contributed by atoms with Gasteiger partial charge in [-0.2, -0.15) is 0 Å². The van der Waals surface area contributed by atoms with Gasteiger partial charge >= 0.3 is 0 Å². The summed E-state index contributed by atoms with van der Waals surface area (Å²) in [5, 5.41) is 5.26. The molecular formula is C19H21N3O4S. The Morgan fingerprint density at radius 3 is 2.85 bits per heavy atom. The first kappa shape index (κ1) is 18.9. The maximum atomic E-state index is 12.2. The second kappa shape index (κ2) is 8.70. The van der Waals surface area contributed by atoms with E-state index in [-0.39, 0.29) is 12.5 Å². The molecule has 1 N–H and O–H groups in total. The van der Waals surface area contributed by atoms with Crippen molar-refractivity contribution < 1.29 is 18.7 Å². The molecule has 27 heavy (non-hydrogen) atoms. The average Bonchev–Trinajstić information content (AvgIpc) is 3.33. The first-order valence-electron chi connectivity index (χ1n) is 8.27. The number of carbonyl (C=O) groups is 1. The van der Waals surface area contributed by atoms with Crippen LogP contribution in [0.2, 0.25) is 0 Å². The molecule has 0 saturated heterocycles. The number of amides is 1. The molecule has 2 aromatic heterocycles. The number of nitrogens with one attached hydrogen (secondary N) is 1. The summed E-state index contributed by atoms with van der Waals surface area (Å²) >= 11 is 1.37. The Bertz CT molecular complexity index is 892. The van der Waals surface area contributed by atoms with Gasteiger partial charge in [0, 0.05) is 17.0 Å². The molecule has 0 spiro atoms. The van der Waals surface area contributed by atoms with Crippen molar-refractivity contribution in [3.63, 3.8) is 0 Å². The molecule has 0 fully saturated rings. The molecule has 2 heterocycles. The summed E-state index contributed by atoms with van der Waals surface area (Å²) in [5.41, 5.74) is 1.57. The van der Waals surface area contributed by atoms with Crippen LogP contribution < -0.4 is 14.8 Å². The van der Waals surface area contributed by atoms with Gasteiger partial charge in [0.1, 0.15) is 17.3 Å².